The van der Waals surface area contributed by atoms with Gasteiger partial charge in [0.25, 0.3) is 5.56 Å². The second kappa shape index (κ2) is 4.62. The Hall–Kier alpha value is -2.54. The Bertz CT molecular complexity index is 862. The summed E-state index contributed by atoms with van der Waals surface area (Å²) in [6.45, 7) is 3.72. The van der Waals surface area contributed by atoms with Gasteiger partial charge in [0.05, 0.1) is 9.20 Å². The second-order valence-electron chi connectivity index (χ2n) is 3.81. The smallest absolute Gasteiger partial charge is 0.266 e. The van der Waals surface area contributed by atoms with Crippen LogP contribution < -0.4 is 14.8 Å². The van der Waals surface area contributed by atoms with Crippen molar-refractivity contribution in [2.45, 2.75) is 0 Å². The fraction of sp³-hybridized carbons (Fsp3) is 0. The van der Waals surface area contributed by atoms with Crippen LogP contribution in [0.25, 0.3) is 24.0 Å². The number of rotatable bonds is 2. The SMILES string of the molecule is C=c1[nH]c(=O)/c(=C/c2ccccc2-c2nn[nH]n2)s1. The third-order valence-electron chi connectivity index (χ3n) is 2.54. The number of thiazole rings is 1. The number of hydrogen-bond acceptors (Lipinski definition) is 5. The minimum absolute atomic E-state index is 0.141. The molecule has 0 unspecified atom stereocenters. The zero-order valence-corrected chi connectivity index (χ0v) is 10.6. The Kier molecular flexibility index (Phi) is 2.81. The van der Waals surface area contributed by atoms with Crippen LogP contribution in [-0.4, -0.2) is 25.6 Å². The number of hydrogen-bond donors (Lipinski definition) is 2. The third kappa shape index (κ3) is 2.23. The van der Waals surface area contributed by atoms with E-state index in [-0.39, 0.29) is 5.56 Å². The molecule has 7 heteroatoms. The number of benzene rings is 1. The highest BCUT2D eigenvalue weighted by Crippen LogP contribution is 2.19. The maximum absolute atomic E-state index is 11.7. The van der Waals surface area contributed by atoms with Crippen molar-refractivity contribution >= 4 is 24.0 Å². The van der Waals surface area contributed by atoms with Crippen molar-refractivity contribution in [1.82, 2.24) is 25.6 Å². The van der Waals surface area contributed by atoms with Crippen LogP contribution in [0.3, 0.4) is 0 Å². The van der Waals surface area contributed by atoms with Crippen LogP contribution in [0, 0.1) is 0 Å². The molecule has 94 valence electrons. The van der Waals surface area contributed by atoms with Crippen molar-refractivity contribution in [2.24, 2.45) is 0 Å². The molecule has 0 amide bonds. The molecule has 0 spiro atoms. The van der Waals surface area contributed by atoms with Gasteiger partial charge < -0.3 is 4.98 Å². The summed E-state index contributed by atoms with van der Waals surface area (Å²) in [5, 5.41) is 13.9. The van der Waals surface area contributed by atoms with E-state index >= 15 is 0 Å². The fourth-order valence-corrected chi connectivity index (χ4v) is 2.47. The number of H-pyrrole nitrogens is 2. The molecule has 0 radical (unpaired) electrons. The lowest BCUT2D eigenvalue weighted by Crippen LogP contribution is -2.19. The van der Waals surface area contributed by atoms with Gasteiger partial charge in [0.2, 0.25) is 5.82 Å². The van der Waals surface area contributed by atoms with Crippen molar-refractivity contribution in [2.75, 3.05) is 0 Å². The van der Waals surface area contributed by atoms with Crippen LogP contribution in [-0.2, 0) is 0 Å². The molecule has 19 heavy (non-hydrogen) atoms. The summed E-state index contributed by atoms with van der Waals surface area (Å²) in [7, 11) is 0. The molecule has 0 saturated carbocycles. The van der Waals surface area contributed by atoms with E-state index in [0.29, 0.717) is 15.0 Å². The lowest BCUT2D eigenvalue weighted by Gasteiger charge is -1.99. The largest absolute Gasteiger partial charge is 0.313 e. The quantitative estimate of drug-likeness (QED) is 0.679. The molecule has 2 heterocycles. The highest BCUT2D eigenvalue weighted by atomic mass is 32.1. The monoisotopic (exact) mass is 271 g/mol. The summed E-state index contributed by atoms with van der Waals surface area (Å²) in [6.07, 6.45) is 1.80. The fourth-order valence-electron chi connectivity index (χ4n) is 1.73. The summed E-state index contributed by atoms with van der Waals surface area (Å²) in [5.41, 5.74) is 1.53. The standard InChI is InChI=1S/C12H9N5OS/c1-7-13-12(18)10(19-7)6-8-4-2-3-5-9(8)11-14-16-17-15-11/h2-6H,1H2,(H,13,18)(H,14,15,16,17)/b10-6-. The lowest BCUT2D eigenvalue weighted by molar-refractivity contribution is 0.881. The predicted octanol–water partition coefficient (Wildman–Crippen LogP) is -0.144. The third-order valence-corrected chi connectivity index (χ3v) is 3.42. The Morgan fingerprint density at radius 3 is 2.84 bits per heavy atom. The molecule has 0 aliphatic heterocycles. The first kappa shape index (κ1) is 11.5. The van der Waals surface area contributed by atoms with Crippen LogP contribution >= 0.6 is 11.3 Å². The minimum atomic E-state index is -0.141. The van der Waals surface area contributed by atoms with Gasteiger partial charge in [0, 0.05) is 5.56 Å². The Morgan fingerprint density at radius 1 is 1.32 bits per heavy atom. The molecule has 0 fully saturated rings. The first-order valence-electron chi connectivity index (χ1n) is 5.47. The molecule has 0 aliphatic carbocycles. The van der Waals surface area contributed by atoms with Crippen molar-refractivity contribution in [3.63, 3.8) is 0 Å². The maximum Gasteiger partial charge on any atom is 0.266 e. The molecule has 1 aromatic carbocycles. The number of nitrogens with zero attached hydrogens (tertiary/aromatic N) is 3. The molecule has 0 bridgehead atoms. The van der Waals surface area contributed by atoms with Gasteiger partial charge in [-0.2, -0.15) is 5.21 Å². The number of aromatic nitrogens is 5. The number of tetrazole rings is 1. The van der Waals surface area contributed by atoms with Crippen molar-refractivity contribution in [1.29, 1.82) is 0 Å². The van der Waals surface area contributed by atoms with Crippen molar-refractivity contribution in [3.8, 4) is 11.4 Å². The molecule has 3 rings (SSSR count). The summed E-state index contributed by atoms with van der Waals surface area (Å²) >= 11 is 1.32. The molecule has 0 aliphatic rings. The van der Waals surface area contributed by atoms with E-state index in [2.05, 4.69) is 32.2 Å². The number of nitrogens with one attached hydrogen (secondary N) is 2. The van der Waals surface area contributed by atoms with Crippen LogP contribution in [0.4, 0.5) is 0 Å². The molecule has 6 nitrogen and oxygen atoms in total. The lowest BCUT2D eigenvalue weighted by atomic mass is 10.1. The van der Waals surface area contributed by atoms with Gasteiger partial charge in [-0.1, -0.05) is 30.8 Å². The zero-order valence-electron chi connectivity index (χ0n) is 9.75. The Balaban J connectivity index is 2.23. The summed E-state index contributed by atoms with van der Waals surface area (Å²) in [6, 6.07) is 7.55. The molecular weight excluding hydrogens is 262 g/mol. The van der Waals surface area contributed by atoms with Crippen LogP contribution in [0.1, 0.15) is 5.56 Å². The van der Waals surface area contributed by atoms with E-state index in [4.69, 9.17) is 0 Å². The van der Waals surface area contributed by atoms with Gasteiger partial charge in [-0.05, 0) is 16.9 Å². The van der Waals surface area contributed by atoms with E-state index < -0.39 is 0 Å². The van der Waals surface area contributed by atoms with Gasteiger partial charge >= 0.3 is 0 Å². The highest BCUT2D eigenvalue weighted by molar-refractivity contribution is 7.07. The van der Waals surface area contributed by atoms with Gasteiger partial charge in [0.1, 0.15) is 0 Å². The molecule has 0 atom stereocenters. The van der Waals surface area contributed by atoms with Crippen molar-refractivity contribution < 1.29 is 0 Å². The summed E-state index contributed by atoms with van der Waals surface area (Å²) in [4.78, 5) is 14.3. The highest BCUT2D eigenvalue weighted by Gasteiger charge is 2.07. The average molecular weight is 271 g/mol. The molecule has 2 aromatic heterocycles. The van der Waals surface area contributed by atoms with Crippen LogP contribution in [0.15, 0.2) is 29.1 Å². The number of aromatic amines is 2. The van der Waals surface area contributed by atoms with Crippen LogP contribution in [0.2, 0.25) is 0 Å². The molecule has 3 aromatic rings. The first-order valence-corrected chi connectivity index (χ1v) is 6.28. The summed E-state index contributed by atoms with van der Waals surface area (Å²) in [5.74, 6) is 0.495. The van der Waals surface area contributed by atoms with E-state index in [1.165, 1.54) is 11.3 Å². The van der Waals surface area contributed by atoms with E-state index in [9.17, 15) is 4.79 Å². The molecular formula is C12H9N5OS. The van der Waals surface area contributed by atoms with Crippen molar-refractivity contribution in [3.05, 3.63) is 49.4 Å². The van der Waals surface area contributed by atoms with E-state index in [1.807, 2.05) is 24.3 Å². The van der Waals surface area contributed by atoms with Gasteiger partial charge in [-0.25, -0.2) is 0 Å². The van der Waals surface area contributed by atoms with E-state index in [0.717, 1.165) is 11.1 Å². The predicted molar refractivity (Wildman–Crippen MR) is 72.9 cm³/mol. The zero-order chi connectivity index (χ0) is 13.2. The summed E-state index contributed by atoms with van der Waals surface area (Å²) < 4.78 is 1.23. The maximum atomic E-state index is 11.7. The Morgan fingerprint density at radius 2 is 2.16 bits per heavy atom. The van der Waals surface area contributed by atoms with Gasteiger partial charge in [0.15, 0.2) is 0 Å². The van der Waals surface area contributed by atoms with Crippen LogP contribution in [0.5, 0.6) is 0 Å². The Labute approximate surface area is 111 Å². The average Bonchev–Trinajstić information content (AvgIpc) is 3.01. The van der Waals surface area contributed by atoms with Gasteiger partial charge in [-0.15, -0.1) is 21.5 Å². The topological polar surface area (TPSA) is 87.3 Å². The minimum Gasteiger partial charge on any atom is -0.313 e. The van der Waals surface area contributed by atoms with E-state index in [1.54, 1.807) is 6.08 Å². The normalized spacial score (nSPS) is 11.9. The van der Waals surface area contributed by atoms with Gasteiger partial charge in [-0.3, -0.25) is 4.79 Å². The second-order valence-corrected chi connectivity index (χ2v) is 4.95. The molecule has 2 N–H and O–H groups in total. The first-order chi connectivity index (χ1) is 9.24. The molecule has 0 saturated heterocycles.